The SMILES string of the molecule is C[C@@H]1CN(CCCO[C@H]2CC[C@H](N3C(=S)N(c4ccc(C#N)c(C(F)(F)F)c4)C(=O)C3(C)C)CC2)C[C@H](C)N1C(C=O)CNc1cccc2c(N3CCC(=O)NC3=O)nn(C)c12. The Hall–Kier alpha value is -5.16. The van der Waals surface area contributed by atoms with Crippen LogP contribution in [0, 0.1) is 11.3 Å². The minimum atomic E-state index is -4.77. The molecular weight excluding hydrogens is 826 g/mol. The van der Waals surface area contributed by atoms with E-state index in [1.165, 1.54) is 11.0 Å². The Morgan fingerprint density at radius 1 is 1.10 bits per heavy atom. The van der Waals surface area contributed by atoms with Crippen molar-refractivity contribution in [1.29, 1.82) is 5.26 Å². The smallest absolute Gasteiger partial charge is 0.381 e. The molecule has 19 heteroatoms. The second-order valence-electron chi connectivity index (χ2n) is 17.2. The van der Waals surface area contributed by atoms with Gasteiger partial charge in [-0.25, -0.2) is 4.79 Å². The van der Waals surface area contributed by atoms with Gasteiger partial charge in [0.15, 0.2) is 10.9 Å². The van der Waals surface area contributed by atoms with Gasteiger partial charge < -0.3 is 24.6 Å². The molecule has 4 fully saturated rings. The number of benzene rings is 2. The van der Waals surface area contributed by atoms with Crippen LogP contribution in [0.15, 0.2) is 36.4 Å². The minimum Gasteiger partial charge on any atom is -0.381 e. The van der Waals surface area contributed by atoms with Gasteiger partial charge in [-0.3, -0.25) is 34.3 Å². The molecule has 332 valence electrons. The number of aryl methyl sites for hydroxylation is 1. The Bertz CT molecular complexity index is 2260. The summed E-state index contributed by atoms with van der Waals surface area (Å²) in [4.78, 5) is 59.7. The second-order valence-corrected chi connectivity index (χ2v) is 17.6. The van der Waals surface area contributed by atoms with Crippen molar-refractivity contribution in [3.8, 4) is 6.07 Å². The number of nitriles is 1. The van der Waals surface area contributed by atoms with Gasteiger partial charge in [0, 0.05) is 76.3 Å². The van der Waals surface area contributed by atoms with Gasteiger partial charge in [0.05, 0.1) is 46.2 Å². The van der Waals surface area contributed by atoms with Gasteiger partial charge in [-0.2, -0.15) is 23.5 Å². The van der Waals surface area contributed by atoms with Crippen molar-refractivity contribution in [2.24, 2.45) is 7.05 Å². The van der Waals surface area contributed by atoms with E-state index in [1.54, 1.807) is 31.6 Å². The molecule has 1 aromatic heterocycles. The van der Waals surface area contributed by atoms with Crippen molar-refractivity contribution in [2.45, 2.75) is 108 Å². The van der Waals surface area contributed by atoms with Gasteiger partial charge >= 0.3 is 12.2 Å². The van der Waals surface area contributed by atoms with Gasteiger partial charge in [-0.1, -0.05) is 6.07 Å². The highest BCUT2D eigenvalue weighted by Gasteiger charge is 2.52. The zero-order valence-corrected chi connectivity index (χ0v) is 36.4. The highest BCUT2D eigenvalue weighted by Crippen LogP contribution is 2.41. The van der Waals surface area contributed by atoms with Gasteiger partial charge in [-0.05, 0) is 102 Å². The molecule has 1 aliphatic carbocycles. The number of carbonyl (C=O) groups is 4. The number of alkyl halides is 3. The maximum atomic E-state index is 13.8. The average molecular weight is 879 g/mol. The van der Waals surface area contributed by atoms with Crippen molar-refractivity contribution in [3.05, 3.63) is 47.5 Å². The van der Waals surface area contributed by atoms with E-state index in [9.17, 15) is 37.6 Å². The number of rotatable bonds is 13. The molecule has 3 atom stereocenters. The Morgan fingerprint density at radius 2 is 1.81 bits per heavy atom. The van der Waals surface area contributed by atoms with E-state index in [1.807, 2.05) is 23.1 Å². The normalized spacial score (nSPS) is 24.4. The highest BCUT2D eigenvalue weighted by atomic mass is 32.1. The summed E-state index contributed by atoms with van der Waals surface area (Å²) in [6.45, 7) is 11.4. The van der Waals surface area contributed by atoms with Crippen LogP contribution < -0.4 is 20.4 Å². The van der Waals surface area contributed by atoms with Gasteiger partial charge in [-0.15, -0.1) is 0 Å². The fourth-order valence-corrected chi connectivity index (χ4v) is 10.4. The Morgan fingerprint density at radius 3 is 2.45 bits per heavy atom. The van der Waals surface area contributed by atoms with Crippen LogP contribution in [-0.4, -0.2) is 129 Å². The highest BCUT2D eigenvalue weighted by molar-refractivity contribution is 7.80. The molecule has 4 amide bonds. The third-order valence-corrected chi connectivity index (χ3v) is 13.0. The number of urea groups is 1. The standard InChI is InChI=1S/C43H53F3N10O5S/c1-26-23-52(24-27(2)54(26)31(25-57)22-48-35-9-6-8-33-37(35)51(5)50-38(33)53-18-16-36(58)49-40(53)60)17-7-19-61-32-14-12-29(13-15-32)56-41(62)55(39(59)42(56,3)4)30-11-10-28(21-47)34(20-30)43(44,45)46/h6,8-11,20,25-27,29,31-32,48H,7,12-19,22-24H2,1-5H3,(H,49,58,60)/t26-,27+,29-,31?,32-. The molecule has 2 N–H and O–H groups in total. The number of halogens is 3. The number of carbonyl (C=O) groups excluding carboxylic acids is 4. The predicted octanol–water partition coefficient (Wildman–Crippen LogP) is 5.41. The van der Waals surface area contributed by atoms with Gasteiger partial charge in [0.2, 0.25) is 5.91 Å². The second kappa shape index (κ2) is 17.9. The monoisotopic (exact) mass is 878 g/mol. The van der Waals surface area contributed by atoms with Crippen LogP contribution in [0.1, 0.15) is 77.3 Å². The largest absolute Gasteiger partial charge is 0.417 e. The third-order valence-electron chi connectivity index (χ3n) is 12.7. The molecule has 3 aliphatic heterocycles. The zero-order valence-electron chi connectivity index (χ0n) is 35.6. The number of aromatic nitrogens is 2. The van der Waals surface area contributed by atoms with Crippen LogP contribution in [0.2, 0.25) is 0 Å². The third kappa shape index (κ3) is 8.74. The number of ether oxygens (including phenoxy) is 1. The van der Waals surface area contributed by atoms with E-state index in [-0.39, 0.29) is 59.9 Å². The predicted molar refractivity (Wildman–Crippen MR) is 231 cm³/mol. The molecule has 3 aromatic rings. The summed E-state index contributed by atoms with van der Waals surface area (Å²) in [7, 11) is 1.80. The minimum absolute atomic E-state index is 0.0112. The molecular formula is C43H53F3N10O5S. The van der Waals surface area contributed by atoms with Crippen molar-refractivity contribution < 1.29 is 37.1 Å². The average Bonchev–Trinajstić information content (AvgIpc) is 3.65. The summed E-state index contributed by atoms with van der Waals surface area (Å²) < 4.78 is 49.3. The fraction of sp³-hybridized carbons (Fsp3) is 0.558. The lowest BCUT2D eigenvalue weighted by atomic mass is 9.89. The first-order valence-electron chi connectivity index (χ1n) is 21.1. The summed E-state index contributed by atoms with van der Waals surface area (Å²) in [5.41, 5.74) is -1.13. The number of aldehydes is 1. The molecule has 2 aromatic carbocycles. The van der Waals surface area contributed by atoms with Crippen LogP contribution in [0.3, 0.4) is 0 Å². The van der Waals surface area contributed by atoms with Crippen LogP contribution in [-0.2, 0) is 32.3 Å². The molecule has 4 heterocycles. The van der Waals surface area contributed by atoms with Crippen molar-refractivity contribution in [3.63, 3.8) is 0 Å². The summed E-state index contributed by atoms with van der Waals surface area (Å²) in [6, 6.07) is 9.74. The summed E-state index contributed by atoms with van der Waals surface area (Å²) in [5, 5.41) is 20.6. The number of amides is 4. The number of nitrogens with zero attached hydrogens (tertiary/aromatic N) is 8. The number of fused-ring (bicyclic) bond motifs is 1. The number of imide groups is 1. The number of nitrogens with one attached hydrogen (secondary N) is 2. The van der Waals surface area contributed by atoms with E-state index in [2.05, 4.69) is 39.4 Å². The maximum absolute atomic E-state index is 13.8. The van der Waals surface area contributed by atoms with E-state index >= 15 is 0 Å². The van der Waals surface area contributed by atoms with Crippen LogP contribution in [0.5, 0.6) is 0 Å². The van der Waals surface area contributed by atoms with Crippen molar-refractivity contribution in [1.82, 2.24) is 29.8 Å². The van der Waals surface area contributed by atoms with Crippen LogP contribution >= 0.6 is 12.2 Å². The number of piperazine rings is 1. The molecule has 0 bridgehead atoms. The van der Waals surface area contributed by atoms with Crippen LogP contribution in [0.4, 0.5) is 35.2 Å². The molecule has 62 heavy (non-hydrogen) atoms. The molecule has 1 saturated carbocycles. The van der Waals surface area contributed by atoms with E-state index < -0.39 is 34.8 Å². The number of para-hydroxylation sites is 1. The first kappa shape index (κ1) is 44.9. The molecule has 7 rings (SSSR count). The molecule has 0 spiro atoms. The summed E-state index contributed by atoms with van der Waals surface area (Å²) in [6.07, 6.45) is 0.224. The van der Waals surface area contributed by atoms with E-state index in [0.717, 1.165) is 78.8 Å². The first-order chi connectivity index (χ1) is 29.4. The number of thiocarbonyl (C=S) groups is 1. The van der Waals surface area contributed by atoms with E-state index in [4.69, 9.17) is 17.0 Å². The lowest BCUT2D eigenvalue weighted by molar-refractivity contribution is -0.137. The van der Waals surface area contributed by atoms with Crippen molar-refractivity contribution >= 4 is 69.6 Å². The molecule has 0 radical (unpaired) electrons. The van der Waals surface area contributed by atoms with Crippen LogP contribution in [0.25, 0.3) is 10.9 Å². The quantitative estimate of drug-likeness (QED) is 0.128. The number of hydrogen-bond acceptors (Lipinski definition) is 11. The first-order valence-corrected chi connectivity index (χ1v) is 21.5. The van der Waals surface area contributed by atoms with E-state index in [0.29, 0.717) is 31.8 Å². The molecule has 3 saturated heterocycles. The molecule has 1 unspecified atom stereocenters. The zero-order chi connectivity index (χ0) is 44.7. The van der Waals surface area contributed by atoms with Gasteiger partial charge in [0.25, 0.3) is 5.91 Å². The van der Waals surface area contributed by atoms with Crippen molar-refractivity contribution in [2.75, 3.05) is 54.4 Å². The van der Waals surface area contributed by atoms with Gasteiger partial charge in [0.1, 0.15) is 11.8 Å². The summed E-state index contributed by atoms with van der Waals surface area (Å²) >= 11 is 5.75. The molecule has 4 aliphatic rings. The Labute approximate surface area is 364 Å². The Balaban J connectivity index is 0.874. The lowest BCUT2D eigenvalue weighted by Crippen LogP contribution is -2.61. The topological polar surface area (TPSA) is 159 Å². The Kier molecular flexibility index (Phi) is 13.0. The number of hydrogen-bond donors (Lipinski definition) is 2. The maximum Gasteiger partial charge on any atom is 0.417 e. The number of anilines is 3. The molecule has 15 nitrogen and oxygen atoms in total. The summed E-state index contributed by atoms with van der Waals surface area (Å²) in [5.74, 6) is -0.258. The fourth-order valence-electron chi connectivity index (χ4n) is 9.81. The lowest BCUT2D eigenvalue weighted by Gasteiger charge is -2.47.